The smallest absolute Gasteiger partial charge is 0.310 e. The Labute approximate surface area is 124 Å². The summed E-state index contributed by atoms with van der Waals surface area (Å²) in [5.41, 5.74) is -0.829. The number of aromatic nitrogens is 2. The van der Waals surface area contributed by atoms with Gasteiger partial charge in [-0.2, -0.15) is 4.98 Å². The second-order valence-corrected chi connectivity index (χ2v) is 5.73. The predicted molar refractivity (Wildman–Crippen MR) is 75.7 cm³/mol. The van der Waals surface area contributed by atoms with Crippen molar-refractivity contribution >= 4 is 5.97 Å². The molecule has 118 valence electrons. The number of carbonyl (C=O) groups is 1. The summed E-state index contributed by atoms with van der Waals surface area (Å²) in [5, 5.41) is 13.5. The molecule has 1 aromatic rings. The number of ether oxygens (including phenoxy) is 1. The third kappa shape index (κ3) is 3.43. The van der Waals surface area contributed by atoms with Gasteiger partial charge in [0.1, 0.15) is 6.10 Å². The van der Waals surface area contributed by atoms with Crippen molar-refractivity contribution in [3.8, 4) is 0 Å². The first kappa shape index (κ1) is 15.9. The molecule has 0 saturated heterocycles. The molecule has 1 saturated carbocycles. The lowest BCUT2D eigenvalue weighted by molar-refractivity contribution is -0.149. The van der Waals surface area contributed by atoms with Crippen LogP contribution in [0.4, 0.5) is 0 Å². The fourth-order valence-corrected chi connectivity index (χ4v) is 2.62. The highest BCUT2D eigenvalue weighted by molar-refractivity contribution is 5.74. The molecule has 0 spiro atoms. The zero-order valence-electron chi connectivity index (χ0n) is 13.0. The molecule has 1 heterocycles. The molecule has 1 atom stereocenters. The lowest BCUT2D eigenvalue weighted by atomic mass is 9.79. The van der Waals surface area contributed by atoms with Crippen molar-refractivity contribution in [2.75, 3.05) is 6.61 Å². The van der Waals surface area contributed by atoms with E-state index in [-0.39, 0.29) is 12.5 Å². The van der Waals surface area contributed by atoms with Gasteiger partial charge in [-0.05, 0) is 38.5 Å². The van der Waals surface area contributed by atoms with Gasteiger partial charge < -0.3 is 14.4 Å². The monoisotopic (exact) mass is 296 g/mol. The van der Waals surface area contributed by atoms with E-state index in [0.29, 0.717) is 37.1 Å². The minimum Gasteiger partial charge on any atom is -0.481 e. The van der Waals surface area contributed by atoms with E-state index in [2.05, 4.69) is 10.1 Å². The fraction of sp³-hybridized carbons (Fsp3) is 0.800. The van der Waals surface area contributed by atoms with E-state index in [9.17, 15) is 9.90 Å². The second-order valence-electron chi connectivity index (χ2n) is 5.73. The predicted octanol–water partition coefficient (Wildman–Crippen LogP) is 2.99. The molecule has 1 unspecified atom stereocenters. The van der Waals surface area contributed by atoms with Crippen molar-refractivity contribution in [3.05, 3.63) is 11.7 Å². The third-order valence-electron chi connectivity index (χ3n) is 4.43. The maximum absolute atomic E-state index is 11.5. The summed E-state index contributed by atoms with van der Waals surface area (Å²) in [6, 6.07) is 0. The largest absolute Gasteiger partial charge is 0.481 e. The van der Waals surface area contributed by atoms with Crippen LogP contribution in [0.25, 0.3) is 0 Å². The molecule has 1 N–H and O–H groups in total. The molecule has 0 aliphatic heterocycles. The summed E-state index contributed by atoms with van der Waals surface area (Å²) in [4.78, 5) is 15.9. The standard InChI is InChI=1S/C15H24N2O4/c1-4-15(5-2,14(18)19)9-11-16-13(17-21-11)12(20-6-3)10-7-8-10/h10,12H,4-9H2,1-3H3,(H,18,19). The number of carboxylic acids is 1. The van der Waals surface area contributed by atoms with Crippen molar-refractivity contribution in [1.82, 2.24) is 10.1 Å². The maximum atomic E-state index is 11.5. The van der Waals surface area contributed by atoms with Gasteiger partial charge in [-0.15, -0.1) is 0 Å². The molecule has 0 radical (unpaired) electrons. The van der Waals surface area contributed by atoms with Crippen molar-refractivity contribution in [1.29, 1.82) is 0 Å². The molecular formula is C15H24N2O4. The van der Waals surface area contributed by atoms with Crippen LogP contribution in [0.5, 0.6) is 0 Å². The van der Waals surface area contributed by atoms with Crippen LogP contribution >= 0.6 is 0 Å². The van der Waals surface area contributed by atoms with Crippen LogP contribution in [0.3, 0.4) is 0 Å². The van der Waals surface area contributed by atoms with Crippen molar-refractivity contribution < 1.29 is 19.2 Å². The summed E-state index contributed by atoms with van der Waals surface area (Å²) in [6.07, 6.45) is 3.47. The third-order valence-corrected chi connectivity index (χ3v) is 4.43. The lowest BCUT2D eigenvalue weighted by Crippen LogP contribution is -2.32. The molecule has 1 aliphatic rings. The Morgan fingerprint density at radius 3 is 2.57 bits per heavy atom. The van der Waals surface area contributed by atoms with Gasteiger partial charge in [0.05, 0.1) is 5.41 Å². The molecule has 0 amide bonds. The molecule has 6 nitrogen and oxygen atoms in total. The van der Waals surface area contributed by atoms with Crippen LogP contribution in [0.1, 0.15) is 64.3 Å². The normalized spacial score (nSPS) is 16.9. The molecule has 1 aliphatic carbocycles. The number of nitrogens with zero attached hydrogens (tertiary/aromatic N) is 2. The average molecular weight is 296 g/mol. The summed E-state index contributed by atoms with van der Waals surface area (Å²) < 4.78 is 11.0. The molecule has 1 fully saturated rings. The van der Waals surface area contributed by atoms with E-state index in [1.54, 1.807) is 0 Å². The van der Waals surface area contributed by atoms with E-state index in [1.807, 2.05) is 20.8 Å². The zero-order chi connectivity index (χ0) is 15.5. The minimum absolute atomic E-state index is 0.116. The minimum atomic E-state index is -0.829. The van der Waals surface area contributed by atoms with Gasteiger partial charge in [-0.1, -0.05) is 19.0 Å². The first-order valence-electron chi connectivity index (χ1n) is 7.73. The summed E-state index contributed by atoms with van der Waals surface area (Å²) in [5.74, 6) is 0.607. The van der Waals surface area contributed by atoms with Gasteiger partial charge in [0.2, 0.25) is 11.7 Å². The van der Waals surface area contributed by atoms with Gasteiger partial charge in [0, 0.05) is 13.0 Å². The quantitative estimate of drug-likeness (QED) is 0.754. The molecule has 6 heteroatoms. The van der Waals surface area contributed by atoms with Crippen LogP contribution in [-0.2, 0) is 16.0 Å². The van der Waals surface area contributed by atoms with Gasteiger partial charge in [-0.25, -0.2) is 0 Å². The molecular weight excluding hydrogens is 272 g/mol. The van der Waals surface area contributed by atoms with Crippen LogP contribution in [0.2, 0.25) is 0 Å². The van der Waals surface area contributed by atoms with E-state index in [1.165, 1.54) is 0 Å². The van der Waals surface area contributed by atoms with E-state index in [4.69, 9.17) is 9.26 Å². The molecule has 0 aromatic carbocycles. The van der Waals surface area contributed by atoms with Gasteiger partial charge >= 0.3 is 5.97 Å². The van der Waals surface area contributed by atoms with Gasteiger partial charge in [0.25, 0.3) is 0 Å². The van der Waals surface area contributed by atoms with Crippen LogP contribution < -0.4 is 0 Å². The first-order valence-corrected chi connectivity index (χ1v) is 7.73. The fourth-order valence-electron chi connectivity index (χ4n) is 2.62. The Morgan fingerprint density at radius 2 is 2.10 bits per heavy atom. The first-order chi connectivity index (χ1) is 10.1. The highest BCUT2D eigenvalue weighted by Crippen LogP contribution is 2.42. The lowest BCUT2D eigenvalue weighted by Gasteiger charge is -2.24. The molecule has 1 aromatic heterocycles. The number of aliphatic carboxylic acids is 1. The van der Waals surface area contributed by atoms with Crippen molar-refractivity contribution in [2.24, 2.45) is 11.3 Å². The zero-order valence-corrected chi connectivity index (χ0v) is 13.0. The van der Waals surface area contributed by atoms with Crippen LogP contribution in [0.15, 0.2) is 4.52 Å². The number of carboxylic acid groups (broad SMARTS) is 1. The molecule has 21 heavy (non-hydrogen) atoms. The van der Waals surface area contributed by atoms with Crippen molar-refractivity contribution in [2.45, 2.75) is 59.0 Å². The highest BCUT2D eigenvalue weighted by atomic mass is 16.5. The van der Waals surface area contributed by atoms with E-state index in [0.717, 1.165) is 12.8 Å². The van der Waals surface area contributed by atoms with Crippen LogP contribution in [-0.4, -0.2) is 27.8 Å². The Morgan fingerprint density at radius 1 is 1.43 bits per heavy atom. The Kier molecular flexibility index (Phi) is 4.98. The highest BCUT2D eigenvalue weighted by Gasteiger charge is 2.39. The van der Waals surface area contributed by atoms with E-state index < -0.39 is 11.4 Å². The van der Waals surface area contributed by atoms with Gasteiger partial charge in [0.15, 0.2) is 0 Å². The summed E-state index contributed by atoms with van der Waals surface area (Å²) in [7, 11) is 0. The Balaban J connectivity index is 2.13. The SMILES string of the molecule is CCOC(c1noc(CC(CC)(CC)C(=O)O)n1)C1CC1. The summed E-state index contributed by atoms with van der Waals surface area (Å²) >= 11 is 0. The van der Waals surface area contributed by atoms with E-state index >= 15 is 0 Å². The average Bonchev–Trinajstić information content (AvgIpc) is 3.21. The van der Waals surface area contributed by atoms with Crippen LogP contribution in [0, 0.1) is 11.3 Å². The number of hydrogen-bond acceptors (Lipinski definition) is 5. The molecule has 2 rings (SSSR count). The number of hydrogen-bond donors (Lipinski definition) is 1. The Hall–Kier alpha value is -1.43. The summed E-state index contributed by atoms with van der Waals surface area (Å²) in [6.45, 7) is 6.30. The maximum Gasteiger partial charge on any atom is 0.310 e. The number of rotatable bonds is 9. The van der Waals surface area contributed by atoms with Crippen molar-refractivity contribution in [3.63, 3.8) is 0 Å². The molecule has 0 bridgehead atoms. The topological polar surface area (TPSA) is 85.5 Å². The van der Waals surface area contributed by atoms with Gasteiger partial charge in [-0.3, -0.25) is 4.79 Å². The Bertz CT molecular complexity index is 478. The second kappa shape index (κ2) is 6.56.